The molecule has 0 aromatic heterocycles. The number of nitrogens with zero attached hydrogens (tertiary/aromatic N) is 4. The number of urea groups is 1. The lowest BCUT2D eigenvalue weighted by molar-refractivity contribution is -0.141. The number of hydrogen-bond donors (Lipinski definition) is 10. The smallest absolute Gasteiger partial charge is 0.326 e. The summed E-state index contributed by atoms with van der Waals surface area (Å²) in [6.07, 6.45) is -0.761. The van der Waals surface area contributed by atoms with Gasteiger partial charge < -0.3 is 51.9 Å². The van der Waals surface area contributed by atoms with Gasteiger partial charge >= 0.3 is 41.8 Å². The predicted octanol–water partition coefficient (Wildman–Crippen LogP) is -3.08. The molecule has 1 fully saturated rings. The van der Waals surface area contributed by atoms with Gasteiger partial charge in [0.15, 0.2) is 5.78 Å². The summed E-state index contributed by atoms with van der Waals surface area (Å²) in [6.45, 7) is 3.51. The number of unbranched alkanes of at least 4 members (excludes halogenated alkanes) is 1. The third-order valence-corrected chi connectivity index (χ3v) is 9.26. The molecule has 1 heterocycles. The van der Waals surface area contributed by atoms with E-state index in [9.17, 15) is 73.5 Å². The Morgan fingerprint density at radius 2 is 0.932 bits per heavy atom. The van der Waals surface area contributed by atoms with E-state index in [0.717, 1.165) is 0 Å². The lowest BCUT2D eigenvalue weighted by Crippen LogP contribution is -2.51. The lowest BCUT2D eigenvalue weighted by atomic mass is 10.00. The first-order valence-corrected chi connectivity index (χ1v) is 19.1. The number of ketones is 1. The molecule has 1 aliphatic rings. The van der Waals surface area contributed by atoms with Crippen molar-refractivity contribution >= 4 is 59.4 Å². The Labute approximate surface area is 340 Å². The first-order valence-electron chi connectivity index (χ1n) is 19.1. The van der Waals surface area contributed by atoms with Gasteiger partial charge in [-0.1, -0.05) is 6.92 Å². The number of carboxylic acids is 6. The molecule has 0 aromatic rings. The number of nitrogens with one attached hydrogen (secondary N) is 4. The number of aliphatic carboxylic acids is 6. The molecule has 0 radical (unpaired) electrons. The predicted molar refractivity (Wildman–Crippen MR) is 203 cm³/mol. The summed E-state index contributed by atoms with van der Waals surface area (Å²) >= 11 is 0. The van der Waals surface area contributed by atoms with E-state index >= 15 is 0 Å². The van der Waals surface area contributed by atoms with Crippen LogP contribution in [0.4, 0.5) is 4.79 Å². The van der Waals surface area contributed by atoms with Gasteiger partial charge in [-0.05, 0) is 32.6 Å². The molecule has 334 valence electrons. The summed E-state index contributed by atoms with van der Waals surface area (Å²) in [5, 5.41) is 65.0. The highest BCUT2D eigenvalue weighted by atomic mass is 16.4. The Balaban J connectivity index is 2.68. The van der Waals surface area contributed by atoms with Crippen molar-refractivity contribution in [2.45, 2.75) is 70.5 Å². The number of rotatable bonds is 25. The zero-order valence-electron chi connectivity index (χ0n) is 33.3. The maximum absolute atomic E-state index is 13.1. The molecule has 4 amide bonds. The third-order valence-electron chi connectivity index (χ3n) is 9.26. The van der Waals surface area contributed by atoms with Crippen LogP contribution in [-0.4, -0.2) is 213 Å². The van der Waals surface area contributed by atoms with Crippen LogP contribution in [0.1, 0.15) is 52.4 Å². The highest BCUT2D eigenvalue weighted by molar-refractivity contribution is 5.92. The van der Waals surface area contributed by atoms with Crippen LogP contribution in [0.2, 0.25) is 0 Å². The Morgan fingerprint density at radius 1 is 0.525 bits per heavy atom. The quantitative estimate of drug-likeness (QED) is 0.0407. The molecule has 0 aliphatic carbocycles. The average Bonchev–Trinajstić information content (AvgIpc) is 3.12. The van der Waals surface area contributed by atoms with Gasteiger partial charge in [0.25, 0.3) is 0 Å². The van der Waals surface area contributed by atoms with Crippen molar-refractivity contribution in [2.75, 3.05) is 85.1 Å². The van der Waals surface area contributed by atoms with Crippen LogP contribution in [0, 0.1) is 5.92 Å². The second kappa shape index (κ2) is 27.3. The van der Waals surface area contributed by atoms with Crippen LogP contribution < -0.4 is 21.3 Å². The number of amides is 4. The molecular weight excluding hydrogens is 788 g/mol. The third kappa shape index (κ3) is 23.5. The largest absolute Gasteiger partial charge is 0.481 e. The zero-order valence-corrected chi connectivity index (χ0v) is 33.3. The van der Waals surface area contributed by atoms with Crippen molar-refractivity contribution in [2.24, 2.45) is 5.92 Å². The minimum Gasteiger partial charge on any atom is -0.481 e. The van der Waals surface area contributed by atoms with E-state index in [4.69, 9.17) is 5.11 Å². The summed E-state index contributed by atoms with van der Waals surface area (Å²) in [7, 11) is 0. The van der Waals surface area contributed by atoms with Crippen molar-refractivity contribution in [3.63, 3.8) is 0 Å². The number of Topliss-reactive ketones (excluding diaryl/α,β-unsaturated/α-hetero) is 1. The van der Waals surface area contributed by atoms with Gasteiger partial charge in [0.05, 0.1) is 32.2 Å². The molecule has 59 heavy (non-hydrogen) atoms. The second-order valence-corrected chi connectivity index (χ2v) is 14.3. The average molecular weight is 847 g/mol. The van der Waals surface area contributed by atoms with Crippen LogP contribution in [0.3, 0.4) is 0 Å². The SMILES string of the molecule is C[C@@H](CC(=O)[C@@H](C)NC(=O)CN1CCN(CC(=O)O)CCN(CC(=O)O)CCN(CC(=O)O)CC1)C(=O)NCCCC[C@H](NC(=O)N[C@@H](CCC(=O)O)C(=O)O)C(=O)O. The van der Waals surface area contributed by atoms with Crippen LogP contribution in [-0.2, 0) is 43.2 Å². The Morgan fingerprint density at radius 3 is 1.32 bits per heavy atom. The molecule has 4 atom stereocenters. The minimum absolute atomic E-state index is 0.0807. The standard InChI is InChI=1S/C35H58N8O16/c1-22(32(54)36-8-4-3-5-24(33(55)56)38-35(59)39-25(34(57)58)6-7-28(46)47)17-26(44)23(2)37-27(45)18-40-9-11-41(19-29(48)49)13-15-43(21-31(52)53)16-14-42(12-10-40)20-30(50)51/h22-25H,3-21H2,1-2H3,(H,36,54)(H,37,45)(H,46,47)(H,48,49)(H,50,51)(H,52,53)(H,55,56)(H,57,58)(H2,38,39,59)/t22-,23+,24-,25-/m0/s1. The molecule has 24 heteroatoms. The van der Waals surface area contributed by atoms with Crippen molar-refractivity contribution in [1.82, 2.24) is 40.9 Å². The van der Waals surface area contributed by atoms with Gasteiger partial charge in [0.1, 0.15) is 12.1 Å². The van der Waals surface area contributed by atoms with E-state index in [1.807, 2.05) is 5.32 Å². The number of carbonyl (C=O) groups is 10. The number of carboxylic acid groups (broad SMARTS) is 6. The first-order chi connectivity index (χ1) is 27.7. The van der Waals surface area contributed by atoms with Crippen LogP contribution in [0.25, 0.3) is 0 Å². The Hall–Kier alpha value is -5.46. The number of hydrogen-bond acceptors (Lipinski definition) is 14. The summed E-state index contributed by atoms with van der Waals surface area (Å²) < 4.78 is 0. The van der Waals surface area contributed by atoms with Gasteiger partial charge in [-0.15, -0.1) is 0 Å². The normalized spacial score (nSPS) is 17.1. The molecule has 0 aromatic carbocycles. The summed E-state index contributed by atoms with van der Waals surface area (Å²) in [5.74, 6) is -9.69. The van der Waals surface area contributed by atoms with E-state index in [2.05, 4.69) is 16.0 Å². The fourth-order valence-corrected chi connectivity index (χ4v) is 5.93. The molecule has 10 N–H and O–H groups in total. The molecular formula is C35H58N8O16. The fourth-order valence-electron chi connectivity index (χ4n) is 5.93. The first kappa shape index (κ1) is 51.6. The van der Waals surface area contributed by atoms with Gasteiger partial charge in [0.2, 0.25) is 11.8 Å². The second-order valence-electron chi connectivity index (χ2n) is 14.3. The van der Waals surface area contributed by atoms with Crippen molar-refractivity contribution in [1.29, 1.82) is 0 Å². The molecule has 0 bridgehead atoms. The molecule has 0 unspecified atom stereocenters. The van der Waals surface area contributed by atoms with E-state index in [1.165, 1.54) is 13.8 Å². The monoisotopic (exact) mass is 846 g/mol. The van der Waals surface area contributed by atoms with E-state index in [-0.39, 0.29) is 111 Å². The summed E-state index contributed by atoms with van der Waals surface area (Å²) in [4.78, 5) is 126. The van der Waals surface area contributed by atoms with E-state index in [0.29, 0.717) is 0 Å². The van der Waals surface area contributed by atoms with Crippen LogP contribution in [0.15, 0.2) is 0 Å². The number of carbonyl (C=O) groups excluding carboxylic acids is 4. The maximum Gasteiger partial charge on any atom is 0.326 e. The maximum atomic E-state index is 13.1. The van der Waals surface area contributed by atoms with Crippen LogP contribution >= 0.6 is 0 Å². The molecule has 1 rings (SSSR count). The molecule has 1 saturated heterocycles. The van der Waals surface area contributed by atoms with Gasteiger partial charge in [0, 0.05) is 77.7 Å². The van der Waals surface area contributed by atoms with Crippen LogP contribution in [0.5, 0.6) is 0 Å². The minimum atomic E-state index is -1.55. The van der Waals surface area contributed by atoms with Gasteiger partial charge in [-0.3, -0.25) is 53.2 Å². The molecule has 24 nitrogen and oxygen atoms in total. The Kier molecular flexibility index (Phi) is 23.8. The molecule has 1 aliphatic heterocycles. The molecule has 0 saturated carbocycles. The van der Waals surface area contributed by atoms with E-state index < -0.39 is 96.3 Å². The van der Waals surface area contributed by atoms with Gasteiger partial charge in [-0.2, -0.15) is 0 Å². The summed E-state index contributed by atoms with van der Waals surface area (Å²) in [5.41, 5.74) is 0. The van der Waals surface area contributed by atoms with E-state index in [1.54, 1.807) is 19.6 Å². The lowest BCUT2D eigenvalue weighted by Gasteiger charge is -2.33. The van der Waals surface area contributed by atoms with Crippen molar-refractivity contribution < 1.29 is 78.6 Å². The van der Waals surface area contributed by atoms with Gasteiger partial charge in [-0.25, -0.2) is 14.4 Å². The van der Waals surface area contributed by atoms with Crippen molar-refractivity contribution in [3.05, 3.63) is 0 Å². The zero-order chi connectivity index (χ0) is 44.7. The highest BCUT2D eigenvalue weighted by Crippen LogP contribution is 2.08. The topological polar surface area (TPSA) is 353 Å². The van der Waals surface area contributed by atoms with Crippen molar-refractivity contribution in [3.8, 4) is 0 Å². The fraction of sp³-hybridized carbons (Fsp3) is 0.714. The highest BCUT2D eigenvalue weighted by Gasteiger charge is 2.27. The Bertz CT molecular complexity index is 1450. The molecule has 0 spiro atoms. The summed E-state index contributed by atoms with van der Waals surface area (Å²) in [6, 6.07) is -5.05.